The molecule has 1 unspecified atom stereocenters. The second-order valence-electron chi connectivity index (χ2n) is 7.57. The normalized spacial score (nSPS) is 35.3. The van der Waals surface area contributed by atoms with Crippen LogP contribution in [0.5, 0.6) is 0 Å². The van der Waals surface area contributed by atoms with Crippen molar-refractivity contribution in [3.05, 3.63) is 35.4 Å². The predicted octanol–water partition coefficient (Wildman–Crippen LogP) is 3.83. The number of piperidine rings is 1. The van der Waals surface area contributed by atoms with Crippen molar-refractivity contribution in [3.8, 4) is 0 Å². The van der Waals surface area contributed by atoms with Gasteiger partial charge in [-0.05, 0) is 68.1 Å². The first-order chi connectivity index (χ1) is 10.9. The van der Waals surface area contributed by atoms with Crippen LogP contribution in [0.1, 0.15) is 49.7 Å². The minimum atomic E-state index is -4.33. The molecule has 4 rings (SSSR count). The highest BCUT2D eigenvalue weighted by atomic mass is 19.4. The predicted molar refractivity (Wildman–Crippen MR) is 80.7 cm³/mol. The Balaban J connectivity index is 1.59. The van der Waals surface area contributed by atoms with Crippen molar-refractivity contribution in [1.82, 2.24) is 5.32 Å². The van der Waals surface area contributed by atoms with E-state index in [1.165, 1.54) is 37.8 Å². The van der Waals surface area contributed by atoms with Crippen LogP contribution in [0.3, 0.4) is 0 Å². The van der Waals surface area contributed by atoms with Gasteiger partial charge in [-0.3, -0.25) is 0 Å². The van der Waals surface area contributed by atoms with E-state index < -0.39 is 17.3 Å². The molecule has 0 spiro atoms. The standard InChI is InChI=1S/C18H22F3NO/c19-18(20,21)14-7-5-13(6-8-14)17(23)9-15(11-1-2-11)22-16(10-17)12-3-4-12/h5-8,11-12,15-16,22-23H,1-4,9-10H2/t15-,16+,17?. The van der Waals surface area contributed by atoms with Gasteiger partial charge < -0.3 is 10.4 Å². The molecule has 3 aliphatic rings. The van der Waals surface area contributed by atoms with E-state index in [0.717, 1.165) is 12.1 Å². The van der Waals surface area contributed by atoms with Crippen molar-refractivity contribution in [2.75, 3.05) is 0 Å². The molecular weight excluding hydrogens is 303 g/mol. The maximum absolute atomic E-state index is 12.7. The topological polar surface area (TPSA) is 32.3 Å². The maximum atomic E-state index is 12.7. The third kappa shape index (κ3) is 3.13. The Morgan fingerprint density at radius 1 is 0.913 bits per heavy atom. The first-order valence-corrected chi connectivity index (χ1v) is 8.51. The number of rotatable bonds is 3. The van der Waals surface area contributed by atoms with Gasteiger partial charge in [-0.2, -0.15) is 13.2 Å². The summed E-state index contributed by atoms with van der Waals surface area (Å²) < 4.78 is 38.2. The summed E-state index contributed by atoms with van der Waals surface area (Å²) >= 11 is 0. The molecule has 1 heterocycles. The third-order valence-electron chi connectivity index (χ3n) is 5.68. The van der Waals surface area contributed by atoms with E-state index >= 15 is 0 Å². The number of halogens is 3. The molecule has 3 atom stereocenters. The monoisotopic (exact) mass is 325 g/mol. The summed E-state index contributed by atoms with van der Waals surface area (Å²) in [6, 6.07) is 5.69. The van der Waals surface area contributed by atoms with Gasteiger partial charge in [-0.15, -0.1) is 0 Å². The second-order valence-corrected chi connectivity index (χ2v) is 7.57. The number of hydrogen-bond donors (Lipinski definition) is 2. The molecule has 126 valence electrons. The van der Waals surface area contributed by atoms with Crippen LogP contribution in [-0.2, 0) is 11.8 Å². The lowest BCUT2D eigenvalue weighted by molar-refractivity contribution is -0.137. The van der Waals surface area contributed by atoms with E-state index in [4.69, 9.17) is 0 Å². The zero-order valence-electron chi connectivity index (χ0n) is 12.9. The SMILES string of the molecule is OC1(c2ccc(C(F)(F)F)cc2)C[C@@H](C2CC2)N[C@@H](C2CC2)C1. The first-order valence-electron chi connectivity index (χ1n) is 8.51. The summed E-state index contributed by atoms with van der Waals surface area (Å²) in [7, 11) is 0. The van der Waals surface area contributed by atoms with Crippen LogP contribution in [0, 0.1) is 11.8 Å². The molecule has 1 saturated heterocycles. The lowest BCUT2D eigenvalue weighted by Crippen LogP contribution is -2.53. The smallest absolute Gasteiger partial charge is 0.385 e. The number of alkyl halides is 3. The van der Waals surface area contributed by atoms with Gasteiger partial charge in [-0.1, -0.05) is 12.1 Å². The molecule has 2 saturated carbocycles. The summed E-state index contributed by atoms with van der Waals surface area (Å²) in [6.07, 6.45) is 1.65. The summed E-state index contributed by atoms with van der Waals surface area (Å²) in [5.41, 5.74) is -1.03. The average molecular weight is 325 g/mol. The summed E-state index contributed by atoms with van der Waals surface area (Å²) in [6.45, 7) is 0. The van der Waals surface area contributed by atoms with Crippen LogP contribution in [0.4, 0.5) is 13.2 Å². The Morgan fingerprint density at radius 3 is 1.78 bits per heavy atom. The van der Waals surface area contributed by atoms with Crippen molar-refractivity contribution < 1.29 is 18.3 Å². The van der Waals surface area contributed by atoms with Gasteiger partial charge in [-0.25, -0.2) is 0 Å². The highest BCUT2D eigenvalue weighted by Crippen LogP contribution is 2.47. The van der Waals surface area contributed by atoms with E-state index in [0.29, 0.717) is 42.3 Å². The van der Waals surface area contributed by atoms with E-state index in [2.05, 4.69) is 5.32 Å². The quantitative estimate of drug-likeness (QED) is 0.885. The second kappa shape index (κ2) is 5.21. The molecule has 0 radical (unpaired) electrons. The lowest BCUT2D eigenvalue weighted by Gasteiger charge is -2.43. The van der Waals surface area contributed by atoms with Gasteiger partial charge in [0.05, 0.1) is 11.2 Å². The van der Waals surface area contributed by atoms with E-state index in [1.54, 1.807) is 0 Å². The van der Waals surface area contributed by atoms with Crippen molar-refractivity contribution in [2.45, 2.75) is 62.4 Å². The van der Waals surface area contributed by atoms with Gasteiger partial charge in [0, 0.05) is 12.1 Å². The van der Waals surface area contributed by atoms with Crippen LogP contribution in [0.15, 0.2) is 24.3 Å². The minimum absolute atomic E-state index is 0.293. The van der Waals surface area contributed by atoms with Crippen LogP contribution >= 0.6 is 0 Å². The van der Waals surface area contributed by atoms with Crippen molar-refractivity contribution in [2.24, 2.45) is 11.8 Å². The van der Waals surface area contributed by atoms with E-state index in [1.807, 2.05) is 0 Å². The number of benzene rings is 1. The molecule has 0 aromatic heterocycles. The highest BCUT2D eigenvalue weighted by molar-refractivity contribution is 5.30. The fourth-order valence-corrected chi connectivity index (χ4v) is 4.01. The minimum Gasteiger partial charge on any atom is -0.385 e. The number of hydrogen-bond acceptors (Lipinski definition) is 2. The van der Waals surface area contributed by atoms with Gasteiger partial charge in [0.25, 0.3) is 0 Å². The fourth-order valence-electron chi connectivity index (χ4n) is 4.01. The molecule has 2 aliphatic carbocycles. The molecule has 1 aliphatic heterocycles. The Kier molecular flexibility index (Phi) is 3.50. The molecular formula is C18H22F3NO. The lowest BCUT2D eigenvalue weighted by atomic mass is 9.76. The van der Waals surface area contributed by atoms with E-state index in [9.17, 15) is 18.3 Å². The molecule has 0 amide bonds. The summed E-state index contributed by atoms with van der Waals surface area (Å²) in [4.78, 5) is 0. The van der Waals surface area contributed by atoms with Gasteiger partial charge in [0.15, 0.2) is 0 Å². The highest BCUT2D eigenvalue weighted by Gasteiger charge is 2.48. The van der Waals surface area contributed by atoms with Crippen LogP contribution < -0.4 is 5.32 Å². The molecule has 3 fully saturated rings. The molecule has 23 heavy (non-hydrogen) atoms. The van der Waals surface area contributed by atoms with Crippen molar-refractivity contribution >= 4 is 0 Å². The van der Waals surface area contributed by atoms with Gasteiger partial charge >= 0.3 is 6.18 Å². The average Bonchev–Trinajstić information content (AvgIpc) is 3.39. The number of aliphatic hydroxyl groups is 1. The van der Waals surface area contributed by atoms with Crippen LogP contribution in [0.25, 0.3) is 0 Å². The van der Waals surface area contributed by atoms with Crippen LogP contribution in [0.2, 0.25) is 0 Å². The molecule has 2 nitrogen and oxygen atoms in total. The zero-order chi connectivity index (χ0) is 16.2. The molecule has 2 N–H and O–H groups in total. The van der Waals surface area contributed by atoms with E-state index in [-0.39, 0.29) is 0 Å². The van der Waals surface area contributed by atoms with Crippen LogP contribution in [-0.4, -0.2) is 17.2 Å². The maximum Gasteiger partial charge on any atom is 0.416 e. The Bertz CT molecular complexity index is 555. The fraction of sp³-hybridized carbons (Fsp3) is 0.667. The third-order valence-corrected chi connectivity index (χ3v) is 5.68. The Hall–Kier alpha value is -1.07. The first kappa shape index (κ1) is 15.5. The largest absolute Gasteiger partial charge is 0.416 e. The summed E-state index contributed by atoms with van der Waals surface area (Å²) in [5.74, 6) is 1.25. The Labute approximate surface area is 134 Å². The number of nitrogens with one attached hydrogen (secondary N) is 1. The molecule has 1 aromatic carbocycles. The molecule has 1 aromatic rings. The molecule has 5 heteroatoms. The van der Waals surface area contributed by atoms with Gasteiger partial charge in [0.1, 0.15) is 0 Å². The zero-order valence-corrected chi connectivity index (χ0v) is 12.9. The van der Waals surface area contributed by atoms with Gasteiger partial charge in [0.2, 0.25) is 0 Å². The summed E-state index contributed by atoms with van der Waals surface area (Å²) in [5, 5.41) is 14.9. The molecule has 0 bridgehead atoms. The van der Waals surface area contributed by atoms with Crippen molar-refractivity contribution in [3.63, 3.8) is 0 Å². The van der Waals surface area contributed by atoms with Crippen molar-refractivity contribution in [1.29, 1.82) is 0 Å². The Morgan fingerprint density at radius 2 is 1.39 bits per heavy atom.